The molecule has 0 spiro atoms. The summed E-state index contributed by atoms with van der Waals surface area (Å²) in [4.78, 5) is 12.2. The first kappa shape index (κ1) is 24.4. The Morgan fingerprint density at radius 1 is 1.13 bits per heavy atom. The number of nitrogens with one attached hydrogen (secondary N) is 1. The van der Waals surface area contributed by atoms with Crippen LogP contribution >= 0.6 is 0 Å². The SMILES string of the molecule is NCCCCCCNC(=O)C(F)c1ccccc1O[C@H]1O[C@H](CO)[C@H](O)[C@H](O)[C@H]1O. The molecule has 1 unspecified atom stereocenters. The normalized spacial score (nSPS) is 27.5. The van der Waals surface area contributed by atoms with Crippen molar-refractivity contribution in [2.75, 3.05) is 19.7 Å². The van der Waals surface area contributed by atoms with Crippen molar-refractivity contribution in [3.05, 3.63) is 29.8 Å². The van der Waals surface area contributed by atoms with Crippen LogP contribution in [0.4, 0.5) is 4.39 Å². The number of alkyl halides is 1. The van der Waals surface area contributed by atoms with E-state index in [1.54, 1.807) is 6.07 Å². The zero-order valence-corrected chi connectivity index (χ0v) is 16.7. The van der Waals surface area contributed by atoms with E-state index in [1.807, 2.05) is 0 Å². The van der Waals surface area contributed by atoms with Crippen LogP contribution < -0.4 is 15.8 Å². The van der Waals surface area contributed by atoms with Crippen LogP contribution in [0.1, 0.15) is 37.4 Å². The highest BCUT2D eigenvalue weighted by molar-refractivity contribution is 5.82. The number of rotatable bonds is 11. The highest BCUT2D eigenvalue weighted by Gasteiger charge is 2.45. The third kappa shape index (κ3) is 6.34. The topological polar surface area (TPSA) is 154 Å². The summed E-state index contributed by atoms with van der Waals surface area (Å²) in [6.45, 7) is 0.329. The average molecular weight is 430 g/mol. The van der Waals surface area contributed by atoms with Crippen molar-refractivity contribution in [3.8, 4) is 5.75 Å². The fourth-order valence-corrected chi connectivity index (χ4v) is 3.15. The van der Waals surface area contributed by atoms with Crippen LogP contribution in [0, 0.1) is 0 Å². The van der Waals surface area contributed by atoms with Crippen LogP contribution in [-0.2, 0) is 9.53 Å². The number of nitrogens with two attached hydrogens (primary N) is 1. The second-order valence-electron chi connectivity index (χ2n) is 7.21. The summed E-state index contributed by atoms with van der Waals surface area (Å²) in [5.74, 6) is -0.883. The van der Waals surface area contributed by atoms with E-state index in [0.717, 1.165) is 19.3 Å². The Morgan fingerprint density at radius 3 is 2.53 bits per heavy atom. The van der Waals surface area contributed by atoms with Crippen molar-refractivity contribution in [3.63, 3.8) is 0 Å². The predicted octanol–water partition coefficient (Wildman–Crippen LogP) is -0.489. The fraction of sp³-hybridized carbons (Fsp3) is 0.650. The van der Waals surface area contributed by atoms with Gasteiger partial charge in [0.1, 0.15) is 30.2 Å². The number of ether oxygens (including phenoxy) is 2. The van der Waals surface area contributed by atoms with Crippen LogP contribution in [0.15, 0.2) is 24.3 Å². The van der Waals surface area contributed by atoms with Gasteiger partial charge in [0.2, 0.25) is 12.5 Å². The summed E-state index contributed by atoms with van der Waals surface area (Å²) in [5.41, 5.74) is 5.35. The first-order chi connectivity index (χ1) is 14.4. The number of carbonyl (C=O) groups excluding carboxylic acids is 1. The van der Waals surface area contributed by atoms with Crippen molar-refractivity contribution in [1.29, 1.82) is 0 Å². The number of amides is 1. The highest BCUT2D eigenvalue weighted by atomic mass is 19.1. The molecule has 7 N–H and O–H groups in total. The molecule has 0 saturated carbocycles. The number of hydrogen-bond acceptors (Lipinski definition) is 8. The summed E-state index contributed by atoms with van der Waals surface area (Å²) < 4.78 is 25.6. The molecule has 1 amide bonds. The Bertz CT molecular complexity index is 664. The van der Waals surface area contributed by atoms with Gasteiger partial charge in [-0.15, -0.1) is 0 Å². The number of aliphatic hydroxyl groups excluding tert-OH is 4. The molecular weight excluding hydrogens is 399 g/mol. The van der Waals surface area contributed by atoms with Gasteiger partial charge in [-0.2, -0.15) is 0 Å². The van der Waals surface area contributed by atoms with Gasteiger partial charge in [0, 0.05) is 12.1 Å². The van der Waals surface area contributed by atoms with Gasteiger partial charge < -0.3 is 41.0 Å². The minimum absolute atomic E-state index is 0.0626. The molecular formula is C20H31FN2O7. The van der Waals surface area contributed by atoms with E-state index in [0.29, 0.717) is 19.5 Å². The number of carbonyl (C=O) groups is 1. The molecule has 0 bridgehead atoms. The van der Waals surface area contributed by atoms with Crippen molar-refractivity contribution in [1.82, 2.24) is 5.32 Å². The van der Waals surface area contributed by atoms with Gasteiger partial charge in [0.25, 0.3) is 5.91 Å². The molecule has 1 heterocycles. The maximum Gasteiger partial charge on any atom is 0.259 e. The molecule has 10 heteroatoms. The monoisotopic (exact) mass is 430 g/mol. The average Bonchev–Trinajstić information content (AvgIpc) is 2.76. The summed E-state index contributed by atoms with van der Waals surface area (Å²) >= 11 is 0. The second kappa shape index (κ2) is 12.1. The maximum atomic E-state index is 14.8. The van der Waals surface area contributed by atoms with E-state index in [2.05, 4.69) is 5.32 Å². The van der Waals surface area contributed by atoms with Crippen LogP contribution in [-0.4, -0.2) is 76.7 Å². The fourth-order valence-electron chi connectivity index (χ4n) is 3.15. The van der Waals surface area contributed by atoms with Gasteiger partial charge in [-0.3, -0.25) is 4.79 Å². The van der Waals surface area contributed by atoms with Crippen LogP contribution in [0.3, 0.4) is 0 Å². The molecule has 9 nitrogen and oxygen atoms in total. The van der Waals surface area contributed by atoms with Crippen molar-refractivity contribution in [2.45, 2.75) is 62.6 Å². The maximum absolute atomic E-state index is 14.8. The summed E-state index contributed by atoms with van der Waals surface area (Å²) in [5, 5.41) is 41.6. The third-order valence-corrected chi connectivity index (χ3v) is 4.94. The van der Waals surface area contributed by atoms with Crippen LogP contribution in [0.5, 0.6) is 5.75 Å². The van der Waals surface area contributed by atoms with Crippen LogP contribution in [0.2, 0.25) is 0 Å². The van der Waals surface area contributed by atoms with Crippen LogP contribution in [0.25, 0.3) is 0 Å². The van der Waals surface area contributed by atoms with Crippen molar-refractivity contribution < 1.29 is 39.1 Å². The number of benzene rings is 1. The van der Waals surface area contributed by atoms with E-state index in [-0.39, 0.29) is 11.3 Å². The quantitative estimate of drug-likeness (QED) is 0.257. The lowest BCUT2D eigenvalue weighted by Crippen LogP contribution is -2.60. The first-order valence-electron chi connectivity index (χ1n) is 10.1. The first-order valence-corrected chi connectivity index (χ1v) is 10.1. The molecule has 0 aromatic heterocycles. The molecule has 2 rings (SSSR count). The van der Waals surface area contributed by atoms with Crippen molar-refractivity contribution in [2.24, 2.45) is 5.73 Å². The molecule has 170 valence electrons. The Hall–Kier alpha value is -1.82. The Morgan fingerprint density at radius 2 is 1.83 bits per heavy atom. The molecule has 0 aliphatic carbocycles. The van der Waals surface area contributed by atoms with Gasteiger partial charge in [0.15, 0.2) is 0 Å². The zero-order chi connectivity index (χ0) is 22.1. The van der Waals surface area contributed by atoms with E-state index < -0.39 is 49.4 Å². The summed E-state index contributed by atoms with van der Waals surface area (Å²) in [6.07, 6.45) is -6.02. The molecule has 1 fully saturated rings. The van der Waals surface area contributed by atoms with Gasteiger partial charge >= 0.3 is 0 Å². The largest absolute Gasteiger partial charge is 0.462 e. The lowest BCUT2D eigenvalue weighted by Gasteiger charge is -2.39. The van der Waals surface area contributed by atoms with Crippen molar-refractivity contribution >= 4 is 5.91 Å². The number of aliphatic hydroxyl groups is 4. The minimum Gasteiger partial charge on any atom is -0.462 e. The third-order valence-electron chi connectivity index (χ3n) is 4.94. The molecule has 6 atom stereocenters. The molecule has 0 radical (unpaired) electrons. The van der Waals surface area contributed by atoms with E-state index in [1.165, 1.54) is 18.2 Å². The van der Waals surface area contributed by atoms with E-state index >= 15 is 0 Å². The number of para-hydroxylation sites is 1. The van der Waals surface area contributed by atoms with Gasteiger partial charge in [-0.1, -0.05) is 31.0 Å². The lowest BCUT2D eigenvalue weighted by molar-refractivity contribution is -0.277. The van der Waals surface area contributed by atoms with E-state index in [4.69, 9.17) is 15.2 Å². The van der Waals surface area contributed by atoms with E-state index in [9.17, 15) is 29.6 Å². The summed E-state index contributed by atoms with van der Waals surface area (Å²) in [6, 6.07) is 5.83. The highest BCUT2D eigenvalue weighted by Crippen LogP contribution is 2.31. The lowest BCUT2D eigenvalue weighted by atomic mass is 9.99. The number of hydrogen-bond donors (Lipinski definition) is 6. The number of halogens is 1. The smallest absolute Gasteiger partial charge is 0.259 e. The Labute approximate surface area is 174 Å². The molecule has 30 heavy (non-hydrogen) atoms. The zero-order valence-electron chi connectivity index (χ0n) is 16.7. The van der Waals surface area contributed by atoms with Gasteiger partial charge in [-0.25, -0.2) is 4.39 Å². The molecule has 1 aromatic carbocycles. The van der Waals surface area contributed by atoms with Gasteiger partial charge in [0.05, 0.1) is 6.61 Å². The molecule has 1 aliphatic heterocycles. The molecule has 1 saturated heterocycles. The summed E-state index contributed by atoms with van der Waals surface area (Å²) in [7, 11) is 0. The molecule has 1 aromatic rings. The molecule has 1 aliphatic rings. The Balaban J connectivity index is 2.00. The standard InChI is InChI=1S/C20H31FN2O7/c21-15(19(28)23-10-6-2-1-5-9-22)12-7-3-4-8-13(12)29-20-18(27)17(26)16(25)14(11-24)30-20/h3-4,7-8,14-18,20,24-27H,1-2,5-6,9-11,22H2,(H,23,28)/t14-,15?,16+,17+,18-,20+/m1/s1. The van der Waals surface area contributed by atoms with Gasteiger partial charge in [-0.05, 0) is 25.5 Å². The second-order valence-corrected chi connectivity index (χ2v) is 7.21. The number of unbranched alkanes of at least 4 members (excludes halogenated alkanes) is 3. The minimum atomic E-state index is -2.02. The Kier molecular flexibility index (Phi) is 9.89. The predicted molar refractivity (Wildman–Crippen MR) is 105 cm³/mol.